The van der Waals surface area contributed by atoms with Gasteiger partial charge in [0.1, 0.15) is 5.82 Å². The molecule has 0 saturated heterocycles. The van der Waals surface area contributed by atoms with Crippen molar-refractivity contribution in [2.24, 2.45) is 0 Å². The van der Waals surface area contributed by atoms with Crippen molar-refractivity contribution in [1.82, 2.24) is 3.97 Å². The molecule has 2 rings (SSSR count). The molecule has 0 saturated carbocycles. The first-order chi connectivity index (χ1) is 9.28. The van der Waals surface area contributed by atoms with Gasteiger partial charge in [0.15, 0.2) is 5.78 Å². The average molecular weight is 297 g/mol. The van der Waals surface area contributed by atoms with Gasteiger partial charge in [0.2, 0.25) is 10.0 Å². The van der Waals surface area contributed by atoms with E-state index in [9.17, 15) is 17.6 Å². The fourth-order valence-corrected chi connectivity index (χ4v) is 3.16. The molecule has 0 spiro atoms. The third kappa shape index (κ3) is 2.24. The first kappa shape index (κ1) is 14.7. The van der Waals surface area contributed by atoms with E-state index in [2.05, 4.69) is 0 Å². The summed E-state index contributed by atoms with van der Waals surface area (Å²) >= 11 is 0. The smallest absolute Gasteiger partial charge is 0.241 e. The summed E-state index contributed by atoms with van der Waals surface area (Å²) < 4.78 is 39.1. The summed E-state index contributed by atoms with van der Waals surface area (Å²) in [5.41, 5.74) is 0.572. The number of aromatic nitrogens is 1. The number of fused-ring (bicyclic) bond motifs is 1. The molecule has 0 atom stereocenters. The molecule has 0 unspecified atom stereocenters. The summed E-state index contributed by atoms with van der Waals surface area (Å²) in [6, 6.07) is 3.77. The second-order valence-electron chi connectivity index (χ2n) is 4.87. The van der Waals surface area contributed by atoms with Gasteiger partial charge >= 0.3 is 0 Å². The lowest BCUT2D eigenvalue weighted by Gasteiger charge is -2.10. The van der Waals surface area contributed by atoms with Gasteiger partial charge in [-0.2, -0.15) is 0 Å². The zero-order valence-electron chi connectivity index (χ0n) is 11.6. The molecule has 0 aliphatic rings. The van der Waals surface area contributed by atoms with Crippen molar-refractivity contribution in [2.75, 3.05) is 0 Å². The quantitative estimate of drug-likeness (QED) is 0.815. The highest BCUT2D eigenvalue weighted by Crippen LogP contribution is 2.26. The molecular formula is C14H16FNO3S. The summed E-state index contributed by atoms with van der Waals surface area (Å²) in [4.78, 5) is 11.9. The van der Waals surface area contributed by atoms with Crippen LogP contribution in [0.25, 0.3) is 10.9 Å². The van der Waals surface area contributed by atoms with Crippen LogP contribution in [-0.2, 0) is 10.0 Å². The normalized spacial score (nSPS) is 12.2. The third-order valence-corrected chi connectivity index (χ3v) is 5.27. The minimum absolute atomic E-state index is 0.210. The molecule has 20 heavy (non-hydrogen) atoms. The number of ketones is 1. The maximum absolute atomic E-state index is 13.4. The standard InChI is InChI=1S/C14H16FNO3S/c1-4-14(17)12-8-16(20(18,19)9(2)3)13-6-5-10(15)7-11(12)13/h5-9H,4H2,1-3H3. The Bertz CT molecular complexity index is 775. The predicted molar refractivity (Wildman–Crippen MR) is 76.0 cm³/mol. The van der Waals surface area contributed by atoms with Crippen molar-refractivity contribution in [1.29, 1.82) is 0 Å². The van der Waals surface area contributed by atoms with Crippen LogP contribution in [0, 0.1) is 5.82 Å². The minimum atomic E-state index is -3.60. The van der Waals surface area contributed by atoms with Gasteiger partial charge in [0.05, 0.1) is 10.8 Å². The fourth-order valence-electron chi connectivity index (χ4n) is 2.02. The van der Waals surface area contributed by atoms with Gasteiger partial charge in [0.25, 0.3) is 0 Å². The number of nitrogens with zero attached hydrogens (tertiary/aromatic N) is 1. The zero-order chi connectivity index (χ0) is 15.1. The van der Waals surface area contributed by atoms with E-state index in [1.54, 1.807) is 20.8 Å². The molecule has 1 aromatic heterocycles. The van der Waals surface area contributed by atoms with Crippen molar-refractivity contribution in [3.8, 4) is 0 Å². The Labute approximate surface area is 117 Å². The van der Waals surface area contributed by atoms with E-state index in [4.69, 9.17) is 0 Å². The molecule has 0 fully saturated rings. The van der Waals surface area contributed by atoms with E-state index >= 15 is 0 Å². The molecule has 0 radical (unpaired) electrons. The van der Waals surface area contributed by atoms with Crippen LogP contribution in [0.2, 0.25) is 0 Å². The van der Waals surface area contributed by atoms with Gasteiger partial charge in [0, 0.05) is 23.6 Å². The maximum Gasteiger partial charge on any atom is 0.241 e. The third-order valence-electron chi connectivity index (χ3n) is 3.22. The number of benzene rings is 1. The number of hydrogen-bond acceptors (Lipinski definition) is 3. The van der Waals surface area contributed by atoms with Crippen LogP contribution >= 0.6 is 0 Å². The molecule has 2 aromatic rings. The summed E-state index contributed by atoms with van der Waals surface area (Å²) in [7, 11) is -3.60. The Balaban J connectivity index is 2.85. The Kier molecular flexibility index (Phi) is 3.69. The molecule has 1 aromatic carbocycles. The Morgan fingerprint density at radius 2 is 2.00 bits per heavy atom. The zero-order valence-corrected chi connectivity index (χ0v) is 12.4. The van der Waals surface area contributed by atoms with Gasteiger partial charge < -0.3 is 0 Å². The molecule has 0 N–H and O–H groups in total. The average Bonchev–Trinajstić information content (AvgIpc) is 2.76. The van der Waals surface area contributed by atoms with E-state index in [0.717, 1.165) is 3.97 Å². The van der Waals surface area contributed by atoms with Crippen molar-refractivity contribution in [3.05, 3.63) is 35.8 Å². The number of rotatable bonds is 4. The predicted octanol–water partition coefficient (Wildman–Crippen LogP) is 2.96. The SMILES string of the molecule is CCC(=O)c1cn(S(=O)(=O)C(C)C)c2ccc(F)cc12. The second-order valence-corrected chi connectivity index (χ2v) is 7.24. The van der Waals surface area contributed by atoms with Crippen LogP contribution < -0.4 is 0 Å². The number of halogens is 1. The van der Waals surface area contributed by atoms with Crippen molar-refractivity contribution < 1.29 is 17.6 Å². The lowest BCUT2D eigenvalue weighted by Crippen LogP contribution is -2.21. The Hall–Kier alpha value is -1.69. The molecule has 0 amide bonds. The number of hydrogen-bond donors (Lipinski definition) is 0. The highest BCUT2D eigenvalue weighted by molar-refractivity contribution is 7.90. The highest BCUT2D eigenvalue weighted by atomic mass is 32.2. The number of carbonyl (C=O) groups is 1. The van der Waals surface area contributed by atoms with Gasteiger partial charge in [-0.25, -0.2) is 16.8 Å². The molecule has 0 aliphatic carbocycles. The molecule has 1 heterocycles. The van der Waals surface area contributed by atoms with Gasteiger partial charge in [-0.15, -0.1) is 0 Å². The molecule has 108 valence electrons. The molecule has 0 aliphatic heterocycles. The van der Waals surface area contributed by atoms with Crippen molar-refractivity contribution in [3.63, 3.8) is 0 Å². The van der Waals surface area contributed by atoms with Crippen LogP contribution in [0.3, 0.4) is 0 Å². The van der Waals surface area contributed by atoms with E-state index in [1.165, 1.54) is 24.4 Å². The summed E-state index contributed by atoms with van der Waals surface area (Å²) in [5.74, 6) is -0.708. The molecule has 0 bridgehead atoms. The second kappa shape index (κ2) is 5.01. The van der Waals surface area contributed by atoms with E-state index < -0.39 is 21.1 Å². The number of Topliss-reactive ketones (excluding diaryl/α,β-unsaturated/α-hetero) is 1. The fraction of sp³-hybridized carbons (Fsp3) is 0.357. The van der Waals surface area contributed by atoms with Crippen LogP contribution in [0.5, 0.6) is 0 Å². The van der Waals surface area contributed by atoms with Crippen LogP contribution in [-0.4, -0.2) is 23.4 Å². The lowest BCUT2D eigenvalue weighted by molar-refractivity contribution is 0.0989. The van der Waals surface area contributed by atoms with Crippen molar-refractivity contribution in [2.45, 2.75) is 32.4 Å². The summed E-state index contributed by atoms with van der Waals surface area (Å²) in [6.45, 7) is 4.81. The van der Waals surface area contributed by atoms with E-state index in [0.29, 0.717) is 10.9 Å². The van der Waals surface area contributed by atoms with Gasteiger partial charge in [-0.3, -0.25) is 4.79 Å². The van der Waals surface area contributed by atoms with Gasteiger partial charge in [-0.1, -0.05) is 6.92 Å². The van der Waals surface area contributed by atoms with E-state index in [-0.39, 0.29) is 17.8 Å². The topological polar surface area (TPSA) is 56.1 Å². The highest BCUT2D eigenvalue weighted by Gasteiger charge is 2.24. The van der Waals surface area contributed by atoms with Gasteiger partial charge in [-0.05, 0) is 32.0 Å². The molecule has 6 heteroatoms. The lowest BCUT2D eigenvalue weighted by atomic mass is 10.1. The Morgan fingerprint density at radius 3 is 2.55 bits per heavy atom. The molecule has 4 nitrogen and oxygen atoms in total. The number of carbonyl (C=O) groups excluding carboxylic acids is 1. The van der Waals surface area contributed by atoms with Crippen LogP contribution in [0.1, 0.15) is 37.6 Å². The maximum atomic E-state index is 13.4. The summed E-state index contributed by atoms with van der Waals surface area (Å²) in [6.07, 6.45) is 1.53. The monoisotopic (exact) mass is 297 g/mol. The minimum Gasteiger partial charge on any atom is -0.294 e. The van der Waals surface area contributed by atoms with Crippen LogP contribution in [0.4, 0.5) is 4.39 Å². The Morgan fingerprint density at radius 1 is 1.35 bits per heavy atom. The first-order valence-corrected chi connectivity index (χ1v) is 7.87. The largest absolute Gasteiger partial charge is 0.294 e. The first-order valence-electron chi connectivity index (χ1n) is 6.37. The summed E-state index contributed by atoms with van der Waals surface area (Å²) in [5, 5.41) is -0.297. The van der Waals surface area contributed by atoms with Crippen molar-refractivity contribution >= 4 is 26.7 Å². The molecular weight excluding hydrogens is 281 g/mol. The van der Waals surface area contributed by atoms with Crippen LogP contribution in [0.15, 0.2) is 24.4 Å². The van der Waals surface area contributed by atoms with E-state index in [1.807, 2.05) is 0 Å².